The lowest BCUT2D eigenvalue weighted by atomic mass is 10.0. The van der Waals surface area contributed by atoms with Crippen LogP contribution in [0, 0.1) is 6.92 Å². The van der Waals surface area contributed by atoms with Crippen molar-refractivity contribution < 1.29 is 19.0 Å². The Labute approximate surface area is 237 Å². The van der Waals surface area contributed by atoms with Crippen molar-refractivity contribution in [2.75, 3.05) is 25.6 Å². The van der Waals surface area contributed by atoms with Crippen molar-refractivity contribution in [3.8, 4) is 28.8 Å². The number of fused-ring (bicyclic) bond motifs is 4. The maximum Gasteiger partial charge on any atom is 0.322 e. The third kappa shape index (κ3) is 4.35. The molecule has 2 aliphatic heterocycles. The van der Waals surface area contributed by atoms with Crippen molar-refractivity contribution in [2.24, 2.45) is 0 Å². The Morgan fingerprint density at radius 2 is 1.78 bits per heavy atom. The van der Waals surface area contributed by atoms with E-state index in [2.05, 4.69) is 16.0 Å². The standard InChI is InChI=1S/C32H29N5O4/c1-21-26-20-36(32(38)33-23-13-14-28-29(19-23)41-17-16-40-28)30(22-8-6-11-25(18-22)39-2)27-12-7-15-35(27)31(26)37(34-21)24-9-4-3-5-10-24/h3-15,18-19,30H,16-17,20H2,1-2H3,(H,33,38). The Balaban J connectivity index is 1.37. The average Bonchev–Trinajstić information content (AvgIpc) is 3.57. The number of carbonyl (C=O) groups is 1. The Kier molecular flexibility index (Phi) is 6.11. The summed E-state index contributed by atoms with van der Waals surface area (Å²) in [6, 6.07) is 26.8. The fraction of sp³-hybridized carbons (Fsp3) is 0.188. The van der Waals surface area contributed by atoms with Crippen LogP contribution in [-0.2, 0) is 6.54 Å². The van der Waals surface area contributed by atoms with Crippen LogP contribution < -0.4 is 19.5 Å². The molecule has 0 radical (unpaired) electrons. The van der Waals surface area contributed by atoms with Gasteiger partial charge in [-0.15, -0.1) is 0 Å². The van der Waals surface area contributed by atoms with Crippen molar-refractivity contribution in [1.82, 2.24) is 19.2 Å². The number of hydrogen-bond acceptors (Lipinski definition) is 5. The van der Waals surface area contributed by atoms with Gasteiger partial charge in [0, 0.05) is 23.5 Å². The summed E-state index contributed by atoms with van der Waals surface area (Å²) in [6.07, 6.45) is 2.03. The number of nitrogens with one attached hydrogen (secondary N) is 1. The summed E-state index contributed by atoms with van der Waals surface area (Å²) in [5, 5.41) is 8.03. The van der Waals surface area contributed by atoms with Gasteiger partial charge in [0.25, 0.3) is 0 Å². The molecule has 206 valence electrons. The highest BCUT2D eigenvalue weighted by atomic mass is 16.6. The molecule has 0 saturated carbocycles. The molecule has 1 unspecified atom stereocenters. The van der Waals surface area contributed by atoms with E-state index in [-0.39, 0.29) is 6.03 Å². The molecule has 0 bridgehead atoms. The molecule has 7 rings (SSSR count). The summed E-state index contributed by atoms with van der Waals surface area (Å²) in [5.74, 6) is 2.92. The van der Waals surface area contributed by atoms with Crippen LogP contribution in [-0.4, -0.2) is 45.6 Å². The Morgan fingerprint density at radius 1 is 0.951 bits per heavy atom. The van der Waals surface area contributed by atoms with E-state index < -0.39 is 6.04 Å². The minimum Gasteiger partial charge on any atom is -0.497 e. The molecule has 1 atom stereocenters. The van der Waals surface area contributed by atoms with Gasteiger partial charge in [-0.05, 0) is 61.0 Å². The quantitative estimate of drug-likeness (QED) is 0.304. The highest BCUT2D eigenvalue weighted by molar-refractivity contribution is 5.90. The molecule has 4 heterocycles. The van der Waals surface area contributed by atoms with Crippen LogP contribution >= 0.6 is 0 Å². The second-order valence-corrected chi connectivity index (χ2v) is 10.0. The molecule has 2 aromatic heterocycles. The van der Waals surface area contributed by atoms with Crippen molar-refractivity contribution in [3.05, 3.63) is 114 Å². The Morgan fingerprint density at radius 3 is 2.61 bits per heavy atom. The smallest absolute Gasteiger partial charge is 0.322 e. The number of nitrogens with zero attached hydrogens (tertiary/aromatic N) is 4. The lowest BCUT2D eigenvalue weighted by Gasteiger charge is -2.31. The summed E-state index contributed by atoms with van der Waals surface area (Å²) >= 11 is 0. The summed E-state index contributed by atoms with van der Waals surface area (Å²) in [4.78, 5) is 16.1. The van der Waals surface area contributed by atoms with E-state index in [9.17, 15) is 4.79 Å². The number of carbonyl (C=O) groups excluding carboxylic acids is 1. The van der Waals surface area contributed by atoms with Gasteiger partial charge in [0.05, 0.1) is 36.8 Å². The highest BCUT2D eigenvalue weighted by Crippen LogP contribution is 2.40. The fourth-order valence-electron chi connectivity index (χ4n) is 5.63. The van der Waals surface area contributed by atoms with Gasteiger partial charge in [-0.25, -0.2) is 9.48 Å². The zero-order chi connectivity index (χ0) is 27.9. The van der Waals surface area contributed by atoms with E-state index >= 15 is 0 Å². The number of amides is 2. The van der Waals surface area contributed by atoms with Crippen LogP contribution in [0.1, 0.15) is 28.6 Å². The topological polar surface area (TPSA) is 82.8 Å². The number of benzene rings is 3. The first-order valence-corrected chi connectivity index (χ1v) is 13.5. The van der Waals surface area contributed by atoms with Crippen LogP contribution in [0.2, 0.25) is 0 Å². The average molecular weight is 548 g/mol. The molecule has 5 aromatic rings. The van der Waals surface area contributed by atoms with E-state index in [1.807, 2.05) is 95.5 Å². The van der Waals surface area contributed by atoms with Crippen molar-refractivity contribution in [2.45, 2.75) is 19.5 Å². The lowest BCUT2D eigenvalue weighted by molar-refractivity contribution is 0.171. The van der Waals surface area contributed by atoms with Crippen LogP contribution in [0.15, 0.2) is 91.1 Å². The third-order valence-electron chi connectivity index (χ3n) is 7.55. The predicted octanol–water partition coefficient (Wildman–Crippen LogP) is 5.89. The summed E-state index contributed by atoms with van der Waals surface area (Å²) in [6.45, 7) is 3.31. The first kappa shape index (κ1) is 24.8. The molecular weight excluding hydrogens is 518 g/mol. The fourth-order valence-corrected chi connectivity index (χ4v) is 5.63. The largest absolute Gasteiger partial charge is 0.497 e. The van der Waals surface area contributed by atoms with Gasteiger partial charge >= 0.3 is 6.03 Å². The molecule has 0 fully saturated rings. The number of urea groups is 1. The van der Waals surface area contributed by atoms with E-state index in [0.717, 1.165) is 39.8 Å². The number of methoxy groups -OCH3 is 1. The van der Waals surface area contributed by atoms with E-state index in [4.69, 9.17) is 19.3 Å². The van der Waals surface area contributed by atoms with Crippen LogP contribution in [0.5, 0.6) is 17.2 Å². The zero-order valence-electron chi connectivity index (χ0n) is 22.8. The van der Waals surface area contributed by atoms with Crippen molar-refractivity contribution in [3.63, 3.8) is 0 Å². The molecule has 0 saturated heterocycles. The van der Waals surface area contributed by atoms with E-state index in [1.54, 1.807) is 13.2 Å². The molecule has 9 nitrogen and oxygen atoms in total. The molecule has 2 aliphatic rings. The summed E-state index contributed by atoms with van der Waals surface area (Å²) in [5.41, 5.74) is 5.26. The van der Waals surface area contributed by atoms with Gasteiger partial charge in [-0.3, -0.25) is 0 Å². The van der Waals surface area contributed by atoms with Gasteiger partial charge in [0.2, 0.25) is 0 Å². The van der Waals surface area contributed by atoms with Crippen molar-refractivity contribution in [1.29, 1.82) is 0 Å². The first-order chi connectivity index (χ1) is 20.1. The summed E-state index contributed by atoms with van der Waals surface area (Å²) in [7, 11) is 1.65. The van der Waals surface area contributed by atoms with Crippen molar-refractivity contribution >= 4 is 11.7 Å². The first-order valence-electron chi connectivity index (χ1n) is 13.5. The number of aryl methyl sites for hydroxylation is 1. The van der Waals surface area contributed by atoms with Gasteiger partial charge in [0.15, 0.2) is 11.5 Å². The predicted molar refractivity (Wildman–Crippen MR) is 154 cm³/mol. The maximum atomic E-state index is 14.2. The Hall–Kier alpha value is -5.18. The molecular formula is C32H29N5O4. The van der Waals surface area contributed by atoms with Crippen LogP contribution in [0.25, 0.3) is 11.5 Å². The normalized spacial score (nSPS) is 15.5. The van der Waals surface area contributed by atoms with Crippen LogP contribution in [0.4, 0.5) is 10.5 Å². The van der Waals surface area contributed by atoms with Gasteiger partial charge in [-0.1, -0.05) is 30.3 Å². The molecule has 0 aliphatic carbocycles. The second kappa shape index (κ2) is 10.1. The van der Waals surface area contributed by atoms with Gasteiger partial charge < -0.3 is 29.0 Å². The number of rotatable bonds is 4. The molecule has 3 aromatic carbocycles. The minimum absolute atomic E-state index is 0.248. The van der Waals surface area contributed by atoms with Gasteiger partial charge in [0.1, 0.15) is 24.8 Å². The number of aromatic nitrogens is 3. The molecule has 0 spiro atoms. The number of anilines is 1. The number of ether oxygens (including phenoxy) is 3. The van der Waals surface area contributed by atoms with E-state index in [0.29, 0.717) is 36.9 Å². The van der Waals surface area contributed by atoms with E-state index in [1.165, 1.54) is 0 Å². The van der Waals surface area contributed by atoms with Gasteiger partial charge in [-0.2, -0.15) is 5.10 Å². The zero-order valence-corrected chi connectivity index (χ0v) is 22.8. The highest BCUT2D eigenvalue weighted by Gasteiger charge is 2.36. The monoisotopic (exact) mass is 547 g/mol. The number of hydrogen-bond donors (Lipinski definition) is 1. The molecule has 1 N–H and O–H groups in total. The maximum absolute atomic E-state index is 14.2. The number of para-hydroxylation sites is 1. The second-order valence-electron chi connectivity index (χ2n) is 10.0. The molecule has 2 amide bonds. The van der Waals surface area contributed by atoms with Crippen LogP contribution in [0.3, 0.4) is 0 Å². The molecule has 9 heteroatoms. The minimum atomic E-state index is -0.409. The molecule has 41 heavy (non-hydrogen) atoms. The SMILES string of the molecule is COc1cccc(C2c3cccn3-c3c(c(C)nn3-c3ccccc3)CN2C(=O)Nc2ccc3c(c2)OCCO3)c1. The summed E-state index contributed by atoms with van der Waals surface area (Å²) < 4.78 is 21.1. The third-order valence-corrected chi connectivity index (χ3v) is 7.55. The Bertz CT molecular complexity index is 1740. The lowest BCUT2D eigenvalue weighted by Crippen LogP contribution is -2.38.